The Morgan fingerprint density at radius 3 is 2.57 bits per heavy atom. The highest BCUT2D eigenvalue weighted by molar-refractivity contribution is 5.54. The summed E-state index contributed by atoms with van der Waals surface area (Å²) in [7, 11) is 0. The van der Waals surface area contributed by atoms with Gasteiger partial charge in [-0.05, 0) is 55.6 Å². The predicted octanol–water partition coefficient (Wildman–Crippen LogP) is 4.23. The fourth-order valence-corrected chi connectivity index (χ4v) is 3.54. The van der Waals surface area contributed by atoms with Gasteiger partial charge in [0.2, 0.25) is 0 Å². The van der Waals surface area contributed by atoms with Crippen molar-refractivity contribution in [2.45, 2.75) is 59.4 Å². The third-order valence-electron chi connectivity index (χ3n) is 4.83. The lowest BCUT2D eigenvalue weighted by atomic mass is 9.77. The summed E-state index contributed by atoms with van der Waals surface area (Å²) in [5.41, 5.74) is 9.26. The fourth-order valence-electron chi connectivity index (χ4n) is 3.54. The van der Waals surface area contributed by atoms with Crippen molar-refractivity contribution in [1.29, 1.82) is 0 Å². The van der Waals surface area contributed by atoms with Gasteiger partial charge < -0.3 is 10.6 Å². The SMILES string of the molecule is CC(N)Cc1ccccc1N1CCCC(C(C)(C)C)CC1. The van der Waals surface area contributed by atoms with Gasteiger partial charge in [-0.2, -0.15) is 0 Å². The second kappa shape index (κ2) is 6.83. The van der Waals surface area contributed by atoms with Gasteiger partial charge in [0.05, 0.1) is 0 Å². The van der Waals surface area contributed by atoms with Gasteiger partial charge in [-0.25, -0.2) is 0 Å². The van der Waals surface area contributed by atoms with Crippen LogP contribution < -0.4 is 10.6 Å². The molecule has 1 aromatic carbocycles. The minimum absolute atomic E-state index is 0.223. The molecular weight excluding hydrogens is 256 g/mol. The molecule has 2 N–H and O–H groups in total. The summed E-state index contributed by atoms with van der Waals surface area (Å²) in [4.78, 5) is 2.59. The van der Waals surface area contributed by atoms with Crippen LogP contribution in [0.25, 0.3) is 0 Å². The molecular formula is C19H32N2. The maximum atomic E-state index is 6.01. The first-order valence-electron chi connectivity index (χ1n) is 8.46. The van der Waals surface area contributed by atoms with Gasteiger partial charge in [-0.3, -0.25) is 0 Å². The molecule has 2 nitrogen and oxygen atoms in total. The first-order valence-corrected chi connectivity index (χ1v) is 8.46. The quantitative estimate of drug-likeness (QED) is 0.902. The summed E-state index contributed by atoms with van der Waals surface area (Å²) >= 11 is 0. The van der Waals surface area contributed by atoms with Crippen LogP contribution in [0.3, 0.4) is 0 Å². The molecule has 0 spiro atoms. The van der Waals surface area contributed by atoms with Crippen LogP contribution in [0.1, 0.15) is 52.5 Å². The molecule has 0 bridgehead atoms. The van der Waals surface area contributed by atoms with Crippen LogP contribution in [-0.4, -0.2) is 19.1 Å². The Morgan fingerprint density at radius 2 is 1.90 bits per heavy atom. The standard InChI is InChI=1S/C19H32N2/c1-15(20)14-16-8-5-6-10-18(16)21-12-7-9-17(11-13-21)19(2,3)4/h5-6,8,10,15,17H,7,9,11-14,20H2,1-4H3. The Labute approximate surface area is 130 Å². The summed E-state index contributed by atoms with van der Waals surface area (Å²) in [6, 6.07) is 9.03. The van der Waals surface area contributed by atoms with E-state index in [0.717, 1.165) is 12.3 Å². The Balaban J connectivity index is 2.12. The maximum absolute atomic E-state index is 6.01. The van der Waals surface area contributed by atoms with E-state index in [1.165, 1.54) is 43.6 Å². The lowest BCUT2D eigenvalue weighted by Crippen LogP contribution is -2.28. The maximum Gasteiger partial charge on any atom is 0.0399 e. The summed E-state index contributed by atoms with van der Waals surface area (Å²) in [6.07, 6.45) is 4.93. The Kier molecular flexibility index (Phi) is 5.32. The molecule has 21 heavy (non-hydrogen) atoms. The van der Waals surface area contributed by atoms with E-state index in [4.69, 9.17) is 5.73 Å². The zero-order valence-electron chi connectivity index (χ0n) is 14.2. The van der Waals surface area contributed by atoms with E-state index >= 15 is 0 Å². The highest BCUT2D eigenvalue weighted by atomic mass is 15.1. The van der Waals surface area contributed by atoms with E-state index in [0.29, 0.717) is 5.41 Å². The van der Waals surface area contributed by atoms with Crippen LogP contribution in [-0.2, 0) is 6.42 Å². The van der Waals surface area contributed by atoms with Gasteiger partial charge in [0.25, 0.3) is 0 Å². The van der Waals surface area contributed by atoms with Crippen LogP contribution in [0.15, 0.2) is 24.3 Å². The average Bonchev–Trinajstić information content (AvgIpc) is 2.64. The average molecular weight is 288 g/mol. The molecule has 118 valence electrons. The Bertz CT molecular complexity index is 445. The van der Waals surface area contributed by atoms with Gasteiger partial charge in [0.1, 0.15) is 0 Å². The van der Waals surface area contributed by atoms with Gasteiger partial charge >= 0.3 is 0 Å². The molecule has 0 aliphatic carbocycles. The molecule has 1 saturated heterocycles. The topological polar surface area (TPSA) is 29.3 Å². The molecule has 1 aliphatic heterocycles. The number of hydrogen-bond acceptors (Lipinski definition) is 2. The van der Waals surface area contributed by atoms with E-state index in [2.05, 4.69) is 56.9 Å². The van der Waals surface area contributed by atoms with Gasteiger partial charge in [-0.15, -0.1) is 0 Å². The van der Waals surface area contributed by atoms with Crippen molar-refractivity contribution in [3.05, 3.63) is 29.8 Å². The highest BCUT2D eigenvalue weighted by Crippen LogP contribution is 2.35. The largest absolute Gasteiger partial charge is 0.371 e. The lowest BCUT2D eigenvalue weighted by molar-refractivity contribution is 0.220. The summed E-state index contributed by atoms with van der Waals surface area (Å²) in [5, 5.41) is 0. The smallest absolute Gasteiger partial charge is 0.0399 e. The van der Waals surface area contributed by atoms with Gasteiger partial charge in [-0.1, -0.05) is 39.0 Å². The highest BCUT2D eigenvalue weighted by Gasteiger charge is 2.27. The monoisotopic (exact) mass is 288 g/mol. The molecule has 1 heterocycles. The van der Waals surface area contributed by atoms with E-state index in [-0.39, 0.29) is 6.04 Å². The molecule has 2 unspecified atom stereocenters. The van der Waals surface area contributed by atoms with E-state index in [1.807, 2.05) is 0 Å². The molecule has 2 atom stereocenters. The van der Waals surface area contributed by atoms with Crippen molar-refractivity contribution in [2.75, 3.05) is 18.0 Å². The number of nitrogens with zero attached hydrogens (tertiary/aromatic N) is 1. The summed E-state index contributed by atoms with van der Waals surface area (Å²) in [6.45, 7) is 11.6. The van der Waals surface area contributed by atoms with Crippen LogP contribution in [0.2, 0.25) is 0 Å². The van der Waals surface area contributed by atoms with Crippen molar-refractivity contribution in [1.82, 2.24) is 0 Å². The second-order valence-corrected chi connectivity index (χ2v) is 7.79. The third kappa shape index (κ3) is 4.47. The molecule has 0 saturated carbocycles. The van der Waals surface area contributed by atoms with Crippen molar-refractivity contribution in [3.63, 3.8) is 0 Å². The van der Waals surface area contributed by atoms with Gasteiger partial charge in [0.15, 0.2) is 0 Å². The van der Waals surface area contributed by atoms with Crippen LogP contribution in [0, 0.1) is 11.3 Å². The van der Waals surface area contributed by atoms with Crippen molar-refractivity contribution in [3.8, 4) is 0 Å². The predicted molar refractivity (Wildman–Crippen MR) is 92.8 cm³/mol. The van der Waals surface area contributed by atoms with Crippen molar-refractivity contribution >= 4 is 5.69 Å². The number of para-hydroxylation sites is 1. The van der Waals surface area contributed by atoms with E-state index in [1.54, 1.807) is 0 Å². The number of nitrogens with two attached hydrogens (primary N) is 1. The Morgan fingerprint density at radius 1 is 1.19 bits per heavy atom. The van der Waals surface area contributed by atoms with Crippen LogP contribution >= 0.6 is 0 Å². The molecule has 2 heteroatoms. The van der Waals surface area contributed by atoms with Crippen LogP contribution in [0.5, 0.6) is 0 Å². The molecule has 2 rings (SSSR count). The van der Waals surface area contributed by atoms with E-state index < -0.39 is 0 Å². The van der Waals surface area contributed by atoms with Crippen molar-refractivity contribution < 1.29 is 0 Å². The zero-order valence-corrected chi connectivity index (χ0v) is 14.2. The summed E-state index contributed by atoms with van der Waals surface area (Å²) in [5.74, 6) is 0.836. The third-order valence-corrected chi connectivity index (χ3v) is 4.83. The summed E-state index contributed by atoms with van der Waals surface area (Å²) < 4.78 is 0. The minimum Gasteiger partial charge on any atom is -0.371 e. The zero-order chi connectivity index (χ0) is 15.5. The number of benzene rings is 1. The first kappa shape index (κ1) is 16.4. The number of anilines is 1. The lowest BCUT2D eigenvalue weighted by Gasteiger charge is -2.30. The van der Waals surface area contributed by atoms with Crippen molar-refractivity contribution in [2.24, 2.45) is 17.1 Å². The Hall–Kier alpha value is -1.02. The minimum atomic E-state index is 0.223. The van der Waals surface area contributed by atoms with Crippen LogP contribution in [0.4, 0.5) is 5.69 Å². The number of rotatable bonds is 3. The molecule has 0 amide bonds. The van der Waals surface area contributed by atoms with Gasteiger partial charge in [0, 0.05) is 24.8 Å². The fraction of sp³-hybridized carbons (Fsp3) is 0.684. The first-order chi connectivity index (χ1) is 9.88. The van der Waals surface area contributed by atoms with E-state index in [9.17, 15) is 0 Å². The molecule has 0 aromatic heterocycles. The second-order valence-electron chi connectivity index (χ2n) is 7.79. The number of hydrogen-bond donors (Lipinski definition) is 1. The molecule has 1 aliphatic rings. The molecule has 1 aromatic rings. The molecule has 0 radical (unpaired) electrons. The normalized spacial score (nSPS) is 22.0. The molecule has 1 fully saturated rings.